The fourth-order valence-electron chi connectivity index (χ4n) is 5.05. The second-order valence-corrected chi connectivity index (χ2v) is 10.4. The van der Waals surface area contributed by atoms with E-state index in [9.17, 15) is 14.4 Å². The van der Waals surface area contributed by atoms with Crippen molar-refractivity contribution >= 4 is 33.3 Å². The molecule has 2 aliphatic rings. The molecule has 9 heteroatoms. The first-order chi connectivity index (χ1) is 17.5. The van der Waals surface area contributed by atoms with Crippen molar-refractivity contribution in [3.63, 3.8) is 0 Å². The van der Waals surface area contributed by atoms with Crippen molar-refractivity contribution in [1.29, 1.82) is 0 Å². The predicted molar refractivity (Wildman–Crippen MR) is 144 cm³/mol. The number of rotatable bonds is 7. The third kappa shape index (κ3) is 5.63. The van der Waals surface area contributed by atoms with Gasteiger partial charge < -0.3 is 15.5 Å². The van der Waals surface area contributed by atoms with Crippen LogP contribution in [0.2, 0.25) is 0 Å². The molecule has 1 atom stereocenters. The van der Waals surface area contributed by atoms with Crippen molar-refractivity contribution in [2.45, 2.75) is 44.7 Å². The number of aryl methyl sites for hydroxylation is 2. The van der Waals surface area contributed by atoms with Crippen LogP contribution in [0.1, 0.15) is 42.0 Å². The minimum absolute atomic E-state index is 0.0398. The van der Waals surface area contributed by atoms with Crippen molar-refractivity contribution in [3.05, 3.63) is 90.5 Å². The molecule has 36 heavy (non-hydrogen) atoms. The van der Waals surface area contributed by atoms with Gasteiger partial charge in [-0.05, 0) is 66.6 Å². The summed E-state index contributed by atoms with van der Waals surface area (Å²) in [6, 6.07) is 15.7. The Bertz CT molecular complexity index is 1330. The summed E-state index contributed by atoms with van der Waals surface area (Å²) < 4.78 is 2.18. The van der Waals surface area contributed by atoms with E-state index < -0.39 is 5.69 Å². The lowest BCUT2D eigenvalue weighted by molar-refractivity contribution is -0.132. The van der Waals surface area contributed by atoms with Crippen LogP contribution in [0, 0.1) is 0 Å². The number of anilines is 2. The van der Waals surface area contributed by atoms with Crippen LogP contribution in [0.15, 0.2) is 62.6 Å². The number of fused-ring (bicyclic) bond motifs is 1. The molecule has 1 amide bonds. The van der Waals surface area contributed by atoms with Gasteiger partial charge in [0.05, 0.1) is 0 Å². The Balaban J connectivity index is 1.16. The standard InChI is InChI=1S/C27H30BrN5O3/c28-21-9-6-19(7-10-21)23-17-32(14-12-29-23)25(34)5-2-13-33-26(35)16-24(31-27(33)36)30-22-11-8-18-3-1-4-20(18)15-22/h6-11,15-16,23,29-30H,1-5,12-14,17H2,(H,31,36). The second kappa shape index (κ2) is 10.8. The number of halogens is 1. The fraction of sp³-hybridized carbons (Fsp3) is 0.370. The van der Waals surface area contributed by atoms with Crippen molar-refractivity contribution in [2.24, 2.45) is 0 Å². The Morgan fingerprint density at radius 3 is 2.67 bits per heavy atom. The van der Waals surface area contributed by atoms with Gasteiger partial charge in [0.15, 0.2) is 0 Å². The van der Waals surface area contributed by atoms with E-state index >= 15 is 0 Å². The highest BCUT2D eigenvalue weighted by Crippen LogP contribution is 2.26. The van der Waals surface area contributed by atoms with Crippen molar-refractivity contribution in [3.8, 4) is 0 Å². The smallest absolute Gasteiger partial charge is 0.329 e. The molecule has 1 aliphatic heterocycles. The fourth-order valence-corrected chi connectivity index (χ4v) is 5.31. The Hall–Kier alpha value is -3.17. The van der Waals surface area contributed by atoms with Crippen molar-refractivity contribution < 1.29 is 4.79 Å². The van der Waals surface area contributed by atoms with Crippen LogP contribution in [-0.4, -0.2) is 40.0 Å². The first-order valence-corrected chi connectivity index (χ1v) is 13.3. The first kappa shape index (κ1) is 24.5. The van der Waals surface area contributed by atoms with Gasteiger partial charge in [-0.2, -0.15) is 0 Å². The number of aromatic amines is 1. The maximum absolute atomic E-state index is 12.8. The lowest BCUT2D eigenvalue weighted by Gasteiger charge is -2.34. The molecule has 0 spiro atoms. The average molecular weight is 552 g/mol. The largest absolute Gasteiger partial charge is 0.342 e. The number of carbonyl (C=O) groups excluding carboxylic acids is 1. The summed E-state index contributed by atoms with van der Waals surface area (Å²) in [5.74, 6) is 0.410. The summed E-state index contributed by atoms with van der Waals surface area (Å²) in [5.41, 5.74) is 3.81. The molecule has 8 nitrogen and oxygen atoms in total. The van der Waals surface area contributed by atoms with Crippen LogP contribution in [0.25, 0.3) is 0 Å². The normalized spacial score (nSPS) is 17.1. The third-order valence-electron chi connectivity index (χ3n) is 6.97. The number of hydrogen-bond donors (Lipinski definition) is 3. The molecule has 2 heterocycles. The van der Waals surface area contributed by atoms with Gasteiger partial charge in [0.2, 0.25) is 5.91 Å². The van der Waals surface area contributed by atoms with E-state index in [1.165, 1.54) is 17.2 Å². The maximum atomic E-state index is 12.8. The van der Waals surface area contributed by atoms with E-state index in [4.69, 9.17) is 0 Å². The molecule has 1 fully saturated rings. The Morgan fingerprint density at radius 2 is 1.86 bits per heavy atom. The predicted octanol–water partition coefficient (Wildman–Crippen LogP) is 3.48. The van der Waals surface area contributed by atoms with E-state index in [0.29, 0.717) is 25.3 Å². The monoisotopic (exact) mass is 551 g/mol. The number of H-pyrrole nitrogens is 1. The summed E-state index contributed by atoms with van der Waals surface area (Å²) in [4.78, 5) is 42.7. The highest BCUT2D eigenvalue weighted by molar-refractivity contribution is 9.10. The van der Waals surface area contributed by atoms with Crippen LogP contribution in [0.5, 0.6) is 0 Å². The first-order valence-electron chi connectivity index (χ1n) is 12.5. The molecule has 1 unspecified atom stereocenters. The second-order valence-electron chi connectivity index (χ2n) is 9.44. The maximum Gasteiger partial charge on any atom is 0.329 e. The van der Waals surface area contributed by atoms with Crippen molar-refractivity contribution in [1.82, 2.24) is 19.8 Å². The number of benzene rings is 2. The van der Waals surface area contributed by atoms with Crippen molar-refractivity contribution in [2.75, 3.05) is 25.0 Å². The summed E-state index contributed by atoms with van der Waals surface area (Å²) in [7, 11) is 0. The summed E-state index contributed by atoms with van der Waals surface area (Å²) in [6.45, 7) is 2.17. The third-order valence-corrected chi connectivity index (χ3v) is 7.50. The van der Waals surface area contributed by atoms with E-state index in [0.717, 1.165) is 46.1 Å². The molecule has 1 saturated heterocycles. The highest BCUT2D eigenvalue weighted by atomic mass is 79.9. The molecular weight excluding hydrogens is 522 g/mol. The molecular formula is C27H30BrN5O3. The number of piperazine rings is 1. The lowest BCUT2D eigenvalue weighted by Crippen LogP contribution is -2.48. The number of aromatic nitrogens is 2. The van der Waals surface area contributed by atoms with E-state index in [2.05, 4.69) is 55.8 Å². The molecule has 2 aromatic carbocycles. The van der Waals surface area contributed by atoms with Crippen LogP contribution < -0.4 is 21.9 Å². The molecule has 188 valence electrons. The van der Waals surface area contributed by atoms with E-state index in [1.807, 2.05) is 23.1 Å². The van der Waals surface area contributed by atoms with Gasteiger partial charge in [-0.1, -0.05) is 34.1 Å². The van der Waals surface area contributed by atoms with Crippen LogP contribution in [0.3, 0.4) is 0 Å². The van der Waals surface area contributed by atoms with Gasteiger partial charge in [0.1, 0.15) is 5.82 Å². The van der Waals surface area contributed by atoms with Crippen LogP contribution >= 0.6 is 15.9 Å². The van der Waals surface area contributed by atoms with Gasteiger partial charge >= 0.3 is 5.69 Å². The molecule has 0 radical (unpaired) electrons. The Labute approximate surface area is 217 Å². The molecule has 1 aliphatic carbocycles. The number of nitrogens with zero attached hydrogens (tertiary/aromatic N) is 2. The SMILES string of the molecule is O=C(CCCn1c(=O)cc(Nc2ccc3c(c2)CCC3)[nH]c1=O)N1CCNC(c2ccc(Br)cc2)C1. The Morgan fingerprint density at radius 1 is 1.06 bits per heavy atom. The van der Waals surface area contributed by atoms with E-state index in [1.54, 1.807) is 0 Å². The Kier molecular flexibility index (Phi) is 7.38. The van der Waals surface area contributed by atoms with Gasteiger partial charge in [0, 0.05) is 54.9 Å². The quantitative estimate of drug-likeness (QED) is 0.417. The number of hydrogen-bond acceptors (Lipinski definition) is 5. The highest BCUT2D eigenvalue weighted by Gasteiger charge is 2.24. The topological polar surface area (TPSA) is 99.2 Å². The lowest BCUT2D eigenvalue weighted by atomic mass is 10.0. The molecule has 3 aromatic rings. The molecule has 1 aromatic heterocycles. The zero-order valence-corrected chi connectivity index (χ0v) is 21.6. The summed E-state index contributed by atoms with van der Waals surface area (Å²) in [6.07, 6.45) is 4.03. The number of carbonyl (C=O) groups is 1. The van der Waals surface area contributed by atoms with Gasteiger partial charge in [-0.25, -0.2) is 4.79 Å². The average Bonchev–Trinajstić information content (AvgIpc) is 3.34. The van der Waals surface area contributed by atoms with Gasteiger partial charge in [0.25, 0.3) is 5.56 Å². The summed E-state index contributed by atoms with van der Waals surface area (Å²) in [5, 5.41) is 6.61. The number of amides is 1. The van der Waals surface area contributed by atoms with Gasteiger partial charge in [-0.3, -0.25) is 19.1 Å². The molecule has 0 bridgehead atoms. The van der Waals surface area contributed by atoms with Gasteiger partial charge in [-0.15, -0.1) is 0 Å². The van der Waals surface area contributed by atoms with Crippen LogP contribution in [0.4, 0.5) is 11.5 Å². The molecule has 0 saturated carbocycles. The zero-order valence-electron chi connectivity index (χ0n) is 20.1. The molecule has 5 rings (SSSR count). The minimum atomic E-state index is -0.476. The minimum Gasteiger partial charge on any atom is -0.342 e. The number of nitrogens with one attached hydrogen (secondary N) is 3. The summed E-state index contributed by atoms with van der Waals surface area (Å²) >= 11 is 3.45. The van der Waals surface area contributed by atoms with Crippen LogP contribution in [-0.2, 0) is 24.2 Å². The zero-order chi connectivity index (χ0) is 25.1. The van der Waals surface area contributed by atoms with E-state index in [-0.39, 0.29) is 30.5 Å². The molecule has 3 N–H and O–H groups in total.